The topological polar surface area (TPSA) is 37.8 Å². The van der Waals surface area contributed by atoms with Gasteiger partial charge in [-0.3, -0.25) is 0 Å². The molecule has 0 radical (unpaired) electrons. The molecule has 2 aliphatic heterocycles. The molecule has 158 valence electrons. The fourth-order valence-electron chi connectivity index (χ4n) is 3.11. The van der Waals surface area contributed by atoms with Crippen molar-refractivity contribution >= 4 is 5.69 Å². The van der Waals surface area contributed by atoms with Crippen LogP contribution in [0.4, 0.5) is 5.69 Å². The van der Waals surface area contributed by atoms with E-state index in [1.807, 2.05) is 91.6 Å². The number of rotatable bonds is 5. The number of benzene rings is 2. The second-order valence-electron chi connectivity index (χ2n) is 6.84. The summed E-state index contributed by atoms with van der Waals surface area (Å²) in [6, 6.07) is 21.5. The number of nitrogens with zero attached hydrogens (tertiary/aromatic N) is 3. The van der Waals surface area contributed by atoms with Gasteiger partial charge in [0.25, 0.3) is 0 Å². The van der Waals surface area contributed by atoms with Crippen molar-refractivity contribution in [1.82, 2.24) is 9.88 Å². The van der Waals surface area contributed by atoms with Crippen molar-refractivity contribution in [3.05, 3.63) is 115 Å². The van der Waals surface area contributed by atoms with Gasteiger partial charge in [0.1, 0.15) is 0 Å². The van der Waals surface area contributed by atoms with Crippen molar-refractivity contribution in [2.24, 2.45) is 0 Å². The molecular formula is C25H18N3O2Pt-3. The van der Waals surface area contributed by atoms with Crippen LogP contribution >= 0.6 is 0 Å². The van der Waals surface area contributed by atoms with Crippen molar-refractivity contribution in [1.29, 1.82) is 0 Å². The van der Waals surface area contributed by atoms with Gasteiger partial charge in [-0.25, -0.2) is 4.98 Å². The van der Waals surface area contributed by atoms with E-state index in [0.717, 1.165) is 16.9 Å². The summed E-state index contributed by atoms with van der Waals surface area (Å²) in [7, 11) is 0. The van der Waals surface area contributed by atoms with Crippen LogP contribution in [0.1, 0.15) is 5.56 Å². The van der Waals surface area contributed by atoms with Crippen LogP contribution in [0, 0.1) is 25.7 Å². The van der Waals surface area contributed by atoms with Crippen LogP contribution < -0.4 is 14.4 Å². The summed E-state index contributed by atoms with van der Waals surface area (Å²) in [4.78, 5) is 8.28. The van der Waals surface area contributed by atoms with E-state index in [2.05, 4.69) is 28.1 Å². The zero-order valence-electron chi connectivity index (χ0n) is 16.6. The van der Waals surface area contributed by atoms with Gasteiger partial charge in [-0.05, 0) is 43.1 Å². The Labute approximate surface area is 196 Å². The molecule has 2 aliphatic rings. The fourth-order valence-corrected chi connectivity index (χ4v) is 3.11. The SMILES string of the molecule is Cc1ccnc(Oc2[c-]c(Oc3[c-]c(N4C=C5C=CC=CN5[CH-]4)ccc3)ccc2)c1.[Pt]. The molecule has 3 aromatic rings. The van der Waals surface area contributed by atoms with Crippen LogP contribution in [0.25, 0.3) is 0 Å². The summed E-state index contributed by atoms with van der Waals surface area (Å²) in [5.74, 6) is 2.20. The van der Waals surface area contributed by atoms with Gasteiger partial charge in [-0.15, -0.1) is 42.7 Å². The van der Waals surface area contributed by atoms with Gasteiger partial charge in [0.15, 0.2) is 0 Å². The molecule has 5 nitrogen and oxygen atoms in total. The van der Waals surface area contributed by atoms with Crippen molar-refractivity contribution in [3.63, 3.8) is 0 Å². The van der Waals surface area contributed by atoms with E-state index in [9.17, 15) is 0 Å². The van der Waals surface area contributed by atoms with Crippen molar-refractivity contribution in [3.8, 4) is 23.1 Å². The summed E-state index contributed by atoms with van der Waals surface area (Å²) in [6.45, 7) is 3.99. The van der Waals surface area contributed by atoms with E-state index in [0.29, 0.717) is 23.1 Å². The average Bonchev–Trinajstić information content (AvgIpc) is 3.19. The zero-order chi connectivity index (χ0) is 20.3. The van der Waals surface area contributed by atoms with E-state index in [1.54, 1.807) is 6.20 Å². The smallest absolute Gasteiger partial charge is 0.216 e. The Kier molecular flexibility index (Phi) is 6.24. The van der Waals surface area contributed by atoms with E-state index in [4.69, 9.17) is 9.47 Å². The van der Waals surface area contributed by atoms with Crippen LogP contribution in [-0.2, 0) is 21.1 Å². The number of hydrogen-bond donors (Lipinski definition) is 0. The summed E-state index contributed by atoms with van der Waals surface area (Å²) >= 11 is 0. The molecule has 0 fully saturated rings. The van der Waals surface area contributed by atoms with Crippen molar-refractivity contribution in [2.45, 2.75) is 6.92 Å². The Morgan fingerprint density at radius 2 is 1.68 bits per heavy atom. The molecule has 0 atom stereocenters. The quantitative estimate of drug-likeness (QED) is 0.356. The molecule has 0 amide bonds. The standard InChI is InChI=1S/C25H18N3O2.Pt/c1-19-11-12-26-25(14-19)30-24-10-5-9-23(16-24)29-22-8-4-7-20(15-22)28-17-21-6-2-3-13-27(21)18-28;/h2-14,17-18H,1H3;/q-3;. The molecule has 0 N–H and O–H groups in total. The number of fused-ring (bicyclic) bond motifs is 1. The third-order valence-electron chi connectivity index (χ3n) is 4.54. The first-order valence-corrected chi connectivity index (χ1v) is 9.54. The molecule has 5 rings (SSSR count). The third kappa shape index (κ3) is 4.89. The van der Waals surface area contributed by atoms with E-state index in [1.165, 1.54) is 0 Å². The predicted octanol–water partition coefficient (Wildman–Crippen LogP) is 5.74. The fraction of sp³-hybridized carbons (Fsp3) is 0.0400. The van der Waals surface area contributed by atoms with Crippen LogP contribution in [0.15, 0.2) is 91.1 Å². The first-order chi connectivity index (χ1) is 14.7. The molecule has 0 spiro atoms. The minimum absolute atomic E-state index is 0. The molecule has 0 aliphatic carbocycles. The maximum Gasteiger partial charge on any atom is 0.216 e. The van der Waals surface area contributed by atoms with E-state index in [-0.39, 0.29) is 21.1 Å². The number of aryl methyl sites for hydroxylation is 1. The van der Waals surface area contributed by atoms with Gasteiger partial charge < -0.3 is 19.3 Å². The number of anilines is 1. The number of aromatic nitrogens is 1. The predicted molar refractivity (Wildman–Crippen MR) is 115 cm³/mol. The Morgan fingerprint density at radius 1 is 0.903 bits per heavy atom. The molecule has 0 saturated heterocycles. The minimum atomic E-state index is 0. The average molecular weight is 588 g/mol. The van der Waals surface area contributed by atoms with Crippen molar-refractivity contribution < 1.29 is 30.5 Å². The second kappa shape index (κ2) is 9.23. The Balaban J connectivity index is 0.00000231. The van der Waals surface area contributed by atoms with Crippen molar-refractivity contribution in [2.75, 3.05) is 4.90 Å². The molecule has 31 heavy (non-hydrogen) atoms. The minimum Gasteiger partial charge on any atom is -0.509 e. The normalized spacial score (nSPS) is 14.0. The second-order valence-corrected chi connectivity index (χ2v) is 6.84. The number of pyridine rings is 1. The monoisotopic (exact) mass is 587 g/mol. The van der Waals surface area contributed by atoms with Crippen LogP contribution in [-0.4, -0.2) is 9.88 Å². The molecule has 0 bridgehead atoms. The van der Waals surface area contributed by atoms with E-state index >= 15 is 0 Å². The molecule has 3 heterocycles. The first-order valence-electron chi connectivity index (χ1n) is 9.54. The van der Waals surface area contributed by atoms with Crippen LogP contribution in [0.5, 0.6) is 23.1 Å². The van der Waals surface area contributed by atoms with E-state index < -0.39 is 0 Å². The summed E-state index contributed by atoms with van der Waals surface area (Å²) in [5, 5.41) is 0. The largest absolute Gasteiger partial charge is 0.509 e. The molecular weight excluding hydrogens is 569 g/mol. The summed E-state index contributed by atoms with van der Waals surface area (Å²) in [5.41, 5.74) is 3.06. The van der Waals surface area contributed by atoms with Gasteiger partial charge in [0, 0.05) is 56.3 Å². The Hall–Kier alpha value is -3.30. The van der Waals surface area contributed by atoms with Gasteiger partial charge in [0.05, 0.1) is 0 Å². The van der Waals surface area contributed by atoms with Crippen LogP contribution in [0.2, 0.25) is 0 Å². The summed E-state index contributed by atoms with van der Waals surface area (Å²) < 4.78 is 11.8. The molecule has 0 unspecified atom stereocenters. The summed E-state index contributed by atoms with van der Waals surface area (Å²) in [6.07, 6.45) is 11.8. The maximum absolute atomic E-state index is 5.99. The van der Waals surface area contributed by atoms with Gasteiger partial charge in [0.2, 0.25) is 5.88 Å². The molecule has 2 aromatic carbocycles. The molecule has 6 heteroatoms. The van der Waals surface area contributed by atoms with Gasteiger partial charge >= 0.3 is 0 Å². The molecule has 1 aromatic heterocycles. The third-order valence-corrected chi connectivity index (χ3v) is 4.54. The first kappa shape index (κ1) is 21.0. The van der Waals surface area contributed by atoms with Gasteiger partial charge in [-0.2, -0.15) is 12.1 Å². The Morgan fingerprint density at radius 3 is 2.48 bits per heavy atom. The van der Waals surface area contributed by atoms with Crippen LogP contribution in [0.3, 0.4) is 0 Å². The van der Waals surface area contributed by atoms with Gasteiger partial charge in [-0.1, -0.05) is 12.1 Å². The number of ether oxygens (including phenoxy) is 2. The zero-order valence-corrected chi connectivity index (χ0v) is 18.9. The maximum atomic E-state index is 5.99. The molecule has 0 saturated carbocycles. The Bertz CT molecular complexity index is 1170. The number of hydrogen-bond acceptors (Lipinski definition) is 5. The number of allylic oxidation sites excluding steroid dienone is 3.